The first-order valence-electron chi connectivity index (χ1n) is 8.09. The predicted molar refractivity (Wildman–Crippen MR) is 97.9 cm³/mol. The summed E-state index contributed by atoms with van der Waals surface area (Å²) in [6.45, 7) is 5.25. The fourth-order valence-corrected chi connectivity index (χ4v) is 3.62. The summed E-state index contributed by atoms with van der Waals surface area (Å²) in [7, 11) is 0. The molecule has 3 rings (SSSR count). The highest BCUT2D eigenvalue weighted by atomic mass is 32.1. The Hall–Kier alpha value is -2.13. The summed E-state index contributed by atoms with van der Waals surface area (Å²) in [6.07, 6.45) is 2.39. The Morgan fingerprint density at radius 3 is 2.40 bits per heavy atom. The second kappa shape index (κ2) is 5.99. The van der Waals surface area contributed by atoms with Gasteiger partial charge in [-0.25, -0.2) is 8.78 Å². The lowest BCUT2D eigenvalue weighted by molar-refractivity contribution is 0.103. The molecule has 25 heavy (non-hydrogen) atoms. The summed E-state index contributed by atoms with van der Waals surface area (Å²) in [5, 5.41) is 12.6. The number of nitrogens with one attached hydrogen (secondary N) is 1. The van der Waals surface area contributed by atoms with E-state index in [4.69, 9.17) is 0 Å². The second-order valence-corrected chi connectivity index (χ2v) is 7.46. The van der Waals surface area contributed by atoms with Crippen molar-refractivity contribution >= 4 is 24.0 Å². The van der Waals surface area contributed by atoms with E-state index in [1.54, 1.807) is 37.4 Å². The molecule has 1 aromatic heterocycles. The lowest BCUT2D eigenvalue weighted by atomic mass is 10.0. The highest BCUT2D eigenvalue weighted by Crippen LogP contribution is 2.68. The minimum Gasteiger partial charge on any atom is -0.354 e. The van der Waals surface area contributed by atoms with E-state index in [9.17, 15) is 14.0 Å². The van der Waals surface area contributed by atoms with Crippen molar-refractivity contribution in [1.29, 1.82) is 5.26 Å². The largest absolute Gasteiger partial charge is 0.354 e. The van der Waals surface area contributed by atoms with E-state index in [-0.39, 0.29) is 0 Å². The zero-order valence-corrected chi connectivity index (χ0v) is 15.2. The maximum Gasteiger partial charge on any atom is 0.271 e. The number of hydrogen-bond acceptors (Lipinski definition) is 4. The van der Waals surface area contributed by atoms with Crippen molar-refractivity contribution in [3.05, 3.63) is 52.8 Å². The quantitative estimate of drug-likeness (QED) is 0.756. The standard InChI is InChI=1S/C19H19F2N3S/c1-4-14-15(9-22)11(2)23-10-16(14)24-13-7-5-12(6-8-13)17-18(3,25)19(17,20)21/h5-8,10,17,24-25H,4H2,1-3H3. The van der Waals surface area contributed by atoms with Crippen LogP contribution in [0.5, 0.6) is 0 Å². The molecular formula is C19H19F2N3S. The van der Waals surface area contributed by atoms with Gasteiger partial charge >= 0.3 is 0 Å². The molecule has 1 saturated carbocycles. The number of benzene rings is 1. The summed E-state index contributed by atoms with van der Waals surface area (Å²) in [4.78, 5) is 4.25. The number of hydrogen-bond donors (Lipinski definition) is 2. The number of thiol groups is 1. The zero-order valence-electron chi connectivity index (χ0n) is 14.3. The summed E-state index contributed by atoms with van der Waals surface area (Å²) < 4.78 is 26.3. The molecular weight excluding hydrogens is 340 g/mol. The summed E-state index contributed by atoms with van der Waals surface area (Å²) in [6, 6.07) is 9.11. The van der Waals surface area contributed by atoms with Crippen LogP contribution in [0.15, 0.2) is 30.5 Å². The van der Waals surface area contributed by atoms with E-state index >= 15 is 0 Å². The van der Waals surface area contributed by atoms with Gasteiger partial charge in [-0.1, -0.05) is 19.1 Å². The second-order valence-electron chi connectivity index (χ2n) is 6.53. The number of rotatable bonds is 4. The predicted octanol–water partition coefficient (Wildman–Crippen LogP) is 4.99. The lowest BCUT2D eigenvalue weighted by Crippen LogP contribution is -2.03. The van der Waals surface area contributed by atoms with Crippen LogP contribution in [-0.4, -0.2) is 15.7 Å². The Labute approximate surface area is 151 Å². The highest BCUT2D eigenvalue weighted by Gasteiger charge is 2.76. The van der Waals surface area contributed by atoms with Crippen molar-refractivity contribution in [2.75, 3.05) is 5.32 Å². The van der Waals surface area contributed by atoms with E-state index in [0.29, 0.717) is 23.2 Å². The van der Waals surface area contributed by atoms with E-state index in [0.717, 1.165) is 16.9 Å². The van der Waals surface area contributed by atoms with Gasteiger partial charge in [0.05, 0.1) is 33.8 Å². The summed E-state index contributed by atoms with van der Waals surface area (Å²) in [5.41, 5.74) is 4.27. The number of nitriles is 1. The Bertz CT molecular complexity index is 840. The molecule has 1 aliphatic carbocycles. The minimum absolute atomic E-state index is 0.573. The van der Waals surface area contributed by atoms with E-state index in [1.807, 2.05) is 6.92 Å². The van der Waals surface area contributed by atoms with Gasteiger partial charge in [-0.15, -0.1) is 0 Å². The van der Waals surface area contributed by atoms with Gasteiger partial charge in [-0.2, -0.15) is 17.9 Å². The van der Waals surface area contributed by atoms with Gasteiger partial charge in [-0.05, 0) is 43.5 Å². The number of aryl methyl sites for hydroxylation is 1. The highest BCUT2D eigenvalue weighted by molar-refractivity contribution is 7.82. The molecule has 6 heteroatoms. The third kappa shape index (κ3) is 2.77. The molecule has 3 nitrogen and oxygen atoms in total. The van der Waals surface area contributed by atoms with Crippen molar-refractivity contribution < 1.29 is 8.78 Å². The molecule has 0 amide bonds. The molecule has 130 valence electrons. The van der Waals surface area contributed by atoms with Crippen molar-refractivity contribution in [3.8, 4) is 6.07 Å². The normalized spacial score (nSPS) is 23.8. The van der Waals surface area contributed by atoms with E-state index in [2.05, 4.69) is 29.0 Å². The molecule has 1 N–H and O–H groups in total. The number of alkyl halides is 2. The van der Waals surface area contributed by atoms with Gasteiger partial charge in [0.1, 0.15) is 6.07 Å². The molecule has 0 saturated heterocycles. The van der Waals surface area contributed by atoms with Crippen LogP contribution in [0.25, 0.3) is 0 Å². The van der Waals surface area contributed by atoms with Gasteiger partial charge < -0.3 is 5.32 Å². The number of nitrogens with zero attached hydrogens (tertiary/aromatic N) is 2. The van der Waals surface area contributed by atoms with Gasteiger partial charge in [0.15, 0.2) is 0 Å². The average Bonchev–Trinajstić information content (AvgIpc) is 2.98. The summed E-state index contributed by atoms with van der Waals surface area (Å²) in [5.74, 6) is -3.65. The van der Waals surface area contributed by atoms with Gasteiger partial charge in [-0.3, -0.25) is 4.98 Å². The monoisotopic (exact) mass is 359 g/mol. The third-order valence-electron chi connectivity index (χ3n) is 4.88. The fraction of sp³-hybridized carbons (Fsp3) is 0.368. The van der Waals surface area contributed by atoms with Crippen molar-refractivity contribution in [3.63, 3.8) is 0 Å². The number of aromatic nitrogens is 1. The van der Waals surface area contributed by atoms with E-state index < -0.39 is 16.6 Å². The number of pyridine rings is 1. The molecule has 1 heterocycles. The van der Waals surface area contributed by atoms with Gasteiger partial charge in [0.2, 0.25) is 0 Å². The SMILES string of the molecule is CCc1c(Nc2ccc(C3C(F)(F)C3(C)S)cc2)cnc(C)c1C#N. The zero-order chi connectivity index (χ0) is 18.4. The topological polar surface area (TPSA) is 48.7 Å². The van der Waals surface area contributed by atoms with Gasteiger partial charge in [0, 0.05) is 5.69 Å². The fourth-order valence-electron chi connectivity index (χ4n) is 3.25. The molecule has 2 unspecified atom stereocenters. The van der Waals surface area contributed by atoms with Crippen LogP contribution in [-0.2, 0) is 6.42 Å². The molecule has 1 aliphatic rings. The number of anilines is 2. The van der Waals surface area contributed by atoms with Gasteiger partial charge in [0.25, 0.3) is 5.92 Å². The van der Waals surface area contributed by atoms with Crippen LogP contribution in [0, 0.1) is 18.3 Å². The molecule has 1 fully saturated rings. The van der Waals surface area contributed by atoms with Crippen LogP contribution in [0.1, 0.15) is 42.1 Å². The smallest absolute Gasteiger partial charge is 0.271 e. The van der Waals surface area contributed by atoms with E-state index in [1.165, 1.54) is 6.92 Å². The van der Waals surface area contributed by atoms with Crippen LogP contribution in [0.4, 0.5) is 20.2 Å². The molecule has 0 bridgehead atoms. The first-order valence-corrected chi connectivity index (χ1v) is 8.54. The third-order valence-corrected chi connectivity index (χ3v) is 5.44. The van der Waals surface area contributed by atoms with Crippen LogP contribution in [0.3, 0.4) is 0 Å². The molecule has 2 aromatic rings. The first kappa shape index (κ1) is 17.7. The van der Waals surface area contributed by atoms with Crippen LogP contribution < -0.4 is 5.32 Å². The molecule has 0 spiro atoms. The molecule has 0 radical (unpaired) electrons. The maximum absolute atomic E-state index is 13.8. The maximum atomic E-state index is 13.8. The summed E-state index contributed by atoms with van der Waals surface area (Å²) >= 11 is 4.08. The van der Waals surface area contributed by atoms with Crippen molar-refractivity contribution in [2.45, 2.75) is 43.8 Å². The lowest BCUT2D eigenvalue weighted by Gasteiger charge is -2.13. The van der Waals surface area contributed by atoms with Crippen LogP contribution >= 0.6 is 12.6 Å². The van der Waals surface area contributed by atoms with Crippen molar-refractivity contribution in [2.24, 2.45) is 0 Å². The number of halogens is 2. The molecule has 0 aliphatic heterocycles. The Morgan fingerprint density at radius 1 is 1.32 bits per heavy atom. The molecule has 2 atom stereocenters. The van der Waals surface area contributed by atoms with Crippen LogP contribution in [0.2, 0.25) is 0 Å². The Morgan fingerprint density at radius 2 is 1.92 bits per heavy atom. The van der Waals surface area contributed by atoms with Crippen molar-refractivity contribution in [1.82, 2.24) is 4.98 Å². The minimum atomic E-state index is -2.79. The Balaban J connectivity index is 1.85. The molecule has 1 aromatic carbocycles. The first-order chi connectivity index (χ1) is 11.7. The Kier molecular flexibility index (Phi) is 4.24. The average molecular weight is 359 g/mol.